The van der Waals surface area contributed by atoms with Crippen molar-refractivity contribution >= 4 is 26.4 Å². The third-order valence-electron chi connectivity index (χ3n) is 3.79. The summed E-state index contributed by atoms with van der Waals surface area (Å²) in [5, 5.41) is 1.70. The quantitative estimate of drug-likeness (QED) is 0.686. The van der Waals surface area contributed by atoms with Crippen LogP contribution in [0, 0.1) is 6.92 Å². The third kappa shape index (κ3) is 3.17. The van der Waals surface area contributed by atoms with Crippen LogP contribution in [-0.4, -0.2) is 20.0 Å². The van der Waals surface area contributed by atoms with E-state index in [1.165, 1.54) is 0 Å². The Morgan fingerprint density at radius 2 is 1.52 bits per heavy atom. The van der Waals surface area contributed by atoms with Crippen molar-refractivity contribution in [3.8, 4) is 0 Å². The first kappa shape index (κ1) is 15.4. The highest BCUT2D eigenvalue weighted by molar-refractivity contribution is 7.92. The van der Waals surface area contributed by atoms with Crippen LogP contribution in [0.4, 0.5) is 0 Å². The average Bonchev–Trinajstić information content (AvgIpc) is 2.54. The minimum atomic E-state index is -3.64. The molecule has 0 amide bonds. The molecule has 0 saturated heterocycles. The van der Waals surface area contributed by atoms with Crippen LogP contribution >= 0.6 is 0 Å². The van der Waals surface area contributed by atoms with E-state index >= 15 is 0 Å². The van der Waals surface area contributed by atoms with Gasteiger partial charge in [0.15, 0.2) is 15.6 Å². The molecule has 3 nitrogen and oxygen atoms in total. The number of sulfone groups is 1. The van der Waals surface area contributed by atoms with E-state index in [-0.39, 0.29) is 10.7 Å². The SMILES string of the molecule is Cc1ccc(S(=O)(=O)CC(=O)c2cccc3ccccc23)cc1. The van der Waals surface area contributed by atoms with Gasteiger partial charge < -0.3 is 0 Å². The summed E-state index contributed by atoms with van der Waals surface area (Å²) in [6, 6.07) is 19.4. The second-order valence-electron chi connectivity index (χ2n) is 5.52. The molecule has 3 aromatic rings. The van der Waals surface area contributed by atoms with Gasteiger partial charge in [-0.15, -0.1) is 0 Å². The number of aryl methyl sites for hydroxylation is 1. The standard InChI is InChI=1S/C19H16O3S/c1-14-9-11-16(12-10-14)23(21,22)13-19(20)18-8-4-6-15-5-2-3-7-17(15)18/h2-12H,13H2,1H3. The van der Waals surface area contributed by atoms with Crippen LogP contribution in [0.3, 0.4) is 0 Å². The van der Waals surface area contributed by atoms with Gasteiger partial charge in [0.2, 0.25) is 0 Å². The number of carbonyl (C=O) groups excluding carboxylic acids is 1. The second kappa shape index (κ2) is 5.97. The maximum Gasteiger partial charge on any atom is 0.185 e. The zero-order valence-electron chi connectivity index (χ0n) is 12.7. The van der Waals surface area contributed by atoms with Gasteiger partial charge in [-0.3, -0.25) is 4.79 Å². The van der Waals surface area contributed by atoms with E-state index in [4.69, 9.17) is 0 Å². The first-order valence-electron chi connectivity index (χ1n) is 7.28. The van der Waals surface area contributed by atoms with Crippen LogP contribution in [-0.2, 0) is 9.84 Å². The molecule has 3 aromatic carbocycles. The monoisotopic (exact) mass is 324 g/mol. The molecule has 0 aromatic heterocycles. The summed E-state index contributed by atoms with van der Waals surface area (Å²) in [4.78, 5) is 12.7. The molecule has 3 rings (SSSR count). The maximum atomic E-state index is 12.5. The number of carbonyl (C=O) groups is 1. The molecule has 0 saturated carbocycles. The molecule has 0 atom stereocenters. The van der Waals surface area contributed by atoms with Crippen LogP contribution in [0.15, 0.2) is 71.6 Å². The molecule has 0 bridgehead atoms. The molecule has 0 radical (unpaired) electrons. The van der Waals surface area contributed by atoms with Crippen molar-refractivity contribution < 1.29 is 13.2 Å². The summed E-state index contributed by atoms with van der Waals surface area (Å²) >= 11 is 0. The smallest absolute Gasteiger partial charge is 0.185 e. The van der Waals surface area contributed by atoms with Crippen molar-refractivity contribution in [2.75, 3.05) is 5.75 Å². The number of fused-ring (bicyclic) bond motifs is 1. The molecule has 0 aliphatic heterocycles. The van der Waals surface area contributed by atoms with Crippen molar-refractivity contribution in [1.82, 2.24) is 0 Å². The highest BCUT2D eigenvalue weighted by Crippen LogP contribution is 2.21. The predicted molar refractivity (Wildman–Crippen MR) is 91.5 cm³/mol. The van der Waals surface area contributed by atoms with E-state index in [1.807, 2.05) is 37.3 Å². The van der Waals surface area contributed by atoms with Crippen molar-refractivity contribution in [1.29, 1.82) is 0 Å². The Balaban J connectivity index is 1.96. The molecular formula is C19H16O3S. The Labute approximate surface area is 135 Å². The predicted octanol–water partition coefficient (Wildman–Crippen LogP) is 3.80. The van der Waals surface area contributed by atoms with Gasteiger partial charge in [0, 0.05) is 5.56 Å². The molecule has 0 N–H and O–H groups in total. The minimum Gasteiger partial charge on any atom is -0.293 e. The van der Waals surface area contributed by atoms with Gasteiger partial charge in [-0.1, -0.05) is 60.2 Å². The number of rotatable bonds is 4. The lowest BCUT2D eigenvalue weighted by atomic mass is 10.0. The van der Waals surface area contributed by atoms with Gasteiger partial charge in [-0.25, -0.2) is 8.42 Å². The van der Waals surface area contributed by atoms with E-state index in [1.54, 1.807) is 36.4 Å². The fraction of sp³-hybridized carbons (Fsp3) is 0.105. The van der Waals surface area contributed by atoms with E-state index in [0.29, 0.717) is 5.56 Å². The highest BCUT2D eigenvalue weighted by Gasteiger charge is 2.21. The first-order chi connectivity index (χ1) is 11.0. The Morgan fingerprint density at radius 1 is 0.870 bits per heavy atom. The summed E-state index contributed by atoms with van der Waals surface area (Å²) in [5.74, 6) is -0.910. The summed E-state index contributed by atoms with van der Waals surface area (Å²) in [6.07, 6.45) is 0. The zero-order chi connectivity index (χ0) is 16.4. The van der Waals surface area contributed by atoms with Crippen molar-refractivity contribution in [3.63, 3.8) is 0 Å². The number of benzene rings is 3. The van der Waals surface area contributed by atoms with Crippen molar-refractivity contribution in [2.45, 2.75) is 11.8 Å². The molecule has 116 valence electrons. The number of hydrogen-bond donors (Lipinski definition) is 0. The lowest BCUT2D eigenvalue weighted by molar-refractivity contribution is 0.102. The Bertz CT molecular complexity index is 966. The van der Waals surface area contributed by atoms with E-state index < -0.39 is 15.6 Å². The van der Waals surface area contributed by atoms with Crippen LogP contribution in [0.25, 0.3) is 10.8 Å². The number of Topliss-reactive ketones (excluding diaryl/α,β-unsaturated/α-hetero) is 1. The first-order valence-corrected chi connectivity index (χ1v) is 8.93. The maximum absolute atomic E-state index is 12.5. The summed E-state index contributed by atoms with van der Waals surface area (Å²) < 4.78 is 24.9. The normalized spacial score (nSPS) is 11.5. The van der Waals surface area contributed by atoms with Gasteiger partial charge >= 0.3 is 0 Å². The second-order valence-corrected chi connectivity index (χ2v) is 7.51. The lowest BCUT2D eigenvalue weighted by Crippen LogP contribution is -2.16. The number of hydrogen-bond acceptors (Lipinski definition) is 3. The molecular weight excluding hydrogens is 308 g/mol. The van der Waals surface area contributed by atoms with Crippen molar-refractivity contribution in [3.05, 3.63) is 77.9 Å². The number of ketones is 1. The van der Waals surface area contributed by atoms with Gasteiger partial charge in [0.05, 0.1) is 4.90 Å². The Hall–Kier alpha value is -2.46. The van der Waals surface area contributed by atoms with E-state index in [0.717, 1.165) is 16.3 Å². The van der Waals surface area contributed by atoms with E-state index in [9.17, 15) is 13.2 Å². The van der Waals surface area contributed by atoms with Crippen molar-refractivity contribution in [2.24, 2.45) is 0 Å². The fourth-order valence-electron chi connectivity index (χ4n) is 2.55. The van der Waals surface area contributed by atoms with Crippen LogP contribution in [0.5, 0.6) is 0 Å². The Morgan fingerprint density at radius 3 is 2.26 bits per heavy atom. The van der Waals surface area contributed by atoms with Crippen LogP contribution < -0.4 is 0 Å². The van der Waals surface area contributed by atoms with Gasteiger partial charge in [0.1, 0.15) is 5.75 Å². The average molecular weight is 324 g/mol. The molecule has 0 fully saturated rings. The molecule has 0 heterocycles. The van der Waals surface area contributed by atoms with Gasteiger partial charge in [-0.2, -0.15) is 0 Å². The molecule has 0 unspecified atom stereocenters. The largest absolute Gasteiger partial charge is 0.293 e. The minimum absolute atomic E-state index is 0.177. The fourth-order valence-corrected chi connectivity index (χ4v) is 3.77. The highest BCUT2D eigenvalue weighted by atomic mass is 32.2. The Kier molecular flexibility index (Phi) is 4.01. The topological polar surface area (TPSA) is 51.2 Å². The molecule has 23 heavy (non-hydrogen) atoms. The molecule has 0 aliphatic rings. The summed E-state index contributed by atoms with van der Waals surface area (Å²) in [6.45, 7) is 1.89. The molecule has 0 spiro atoms. The van der Waals surface area contributed by atoms with E-state index in [2.05, 4.69) is 0 Å². The lowest BCUT2D eigenvalue weighted by Gasteiger charge is -2.07. The summed E-state index contributed by atoms with van der Waals surface area (Å²) in [7, 11) is -3.64. The van der Waals surface area contributed by atoms with Gasteiger partial charge in [0.25, 0.3) is 0 Å². The zero-order valence-corrected chi connectivity index (χ0v) is 13.5. The molecule has 4 heteroatoms. The van der Waals surface area contributed by atoms with Gasteiger partial charge in [-0.05, 0) is 29.8 Å². The summed E-state index contributed by atoms with van der Waals surface area (Å²) in [5.41, 5.74) is 1.42. The third-order valence-corrected chi connectivity index (χ3v) is 5.42. The van der Waals surface area contributed by atoms with Crippen LogP contribution in [0.2, 0.25) is 0 Å². The van der Waals surface area contributed by atoms with Crippen LogP contribution in [0.1, 0.15) is 15.9 Å². The molecule has 0 aliphatic carbocycles.